The minimum Gasteiger partial charge on any atom is -0.497 e. The molecule has 0 aliphatic carbocycles. The summed E-state index contributed by atoms with van der Waals surface area (Å²) < 4.78 is 11.6. The van der Waals surface area contributed by atoms with Crippen molar-refractivity contribution in [1.29, 1.82) is 0 Å². The van der Waals surface area contributed by atoms with E-state index in [4.69, 9.17) is 9.16 Å². The van der Waals surface area contributed by atoms with Gasteiger partial charge in [0.1, 0.15) is 5.75 Å². The van der Waals surface area contributed by atoms with Crippen LogP contribution in [0.25, 0.3) is 0 Å². The summed E-state index contributed by atoms with van der Waals surface area (Å²) in [4.78, 5) is 14.2. The molecule has 0 bridgehead atoms. The molecule has 1 atom stereocenters. The van der Waals surface area contributed by atoms with Crippen LogP contribution in [-0.4, -0.2) is 34.0 Å². The predicted molar refractivity (Wildman–Crippen MR) is 96.7 cm³/mol. The van der Waals surface area contributed by atoms with Crippen LogP contribution in [0.15, 0.2) is 24.3 Å². The molecule has 23 heavy (non-hydrogen) atoms. The van der Waals surface area contributed by atoms with Gasteiger partial charge in [-0.1, -0.05) is 26.8 Å². The van der Waals surface area contributed by atoms with E-state index in [1.807, 2.05) is 29.2 Å². The normalized spacial score (nSPS) is 19.3. The van der Waals surface area contributed by atoms with Crippen LogP contribution in [0.5, 0.6) is 5.75 Å². The summed E-state index contributed by atoms with van der Waals surface area (Å²) in [7, 11) is -0.164. The Morgan fingerprint density at radius 3 is 2.61 bits per heavy atom. The first-order valence-corrected chi connectivity index (χ1v) is 11.2. The number of carbonyl (C=O) groups is 1. The summed E-state index contributed by atoms with van der Waals surface area (Å²) in [5, 5.41) is 0.177. The Morgan fingerprint density at radius 1 is 1.30 bits per heavy atom. The smallest absolute Gasteiger partial charge is 0.227 e. The minimum absolute atomic E-state index is 0.115. The maximum atomic E-state index is 12.3. The van der Waals surface area contributed by atoms with Crippen LogP contribution in [0.4, 0.5) is 5.69 Å². The quantitative estimate of drug-likeness (QED) is 0.757. The van der Waals surface area contributed by atoms with E-state index in [2.05, 4.69) is 33.9 Å². The van der Waals surface area contributed by atoms with Crippen molar-refractivity contribution in [3.63, 3.8) is 0 Å². The molecule has 4 nitrogen and oxygen atoms in total. The van der Waals surface area contributed by atoms with Gasteiger partial charge in [0.25, 0.3) is 0 Å². The Hall–Kier alpha value is -1.33. The van der Waals surface area contributed by atoms with Gasteiger partial charge in [-0.15, -0.1) is 0 Å². The molecule has 0 radical (unpaired) electrons. The van der Waals surface area contributed by atoms with E-state index >= 15 is 0 Å². The molecule has 1 aliphatic heterocycles. The highest BCUT2D eigenvalue weighted by Gasteiger charge is 2.40. The molecule has 1 aromatic rings. The second-order valence-corrected chi connectivity index (χ2v) is 12.5. The molecule has 128 valence electrons. The summed E-state index contributed by atoms with van der Waals surface area (Å²) >= 11 is 0. The summed E-state index contributed by atoms with van der Waals surface area (Å²) in [6.45, 7) is 11.8. The van der Waals surface area contributed by atoms with Crippen LogP contribution in [0.1, 0.15) is 33.6 Å². The number of rotatable bonds is 5. The third-order valence-electron chi connectivity index (χ3n) is 5.10. The first-order valence-electron chi connectivity index (χ1n) is 8.26. The number of nitrogens with zero attached hydrogens (tertiary/aromatic N) is 1. The Morgan fingerprint density at radius 2 is 2.00 bits per heavy atom. The predicted octanol–water partition coefficient (Wildman–Crippen LogP) is 4.21. The second-order valence-electron chi connectivity index (χ2n) is 7.73. The van der Waals surface area contributed by atoms with Crippen LogP contribution in [0.2, 0.25) is 18.1 Å². The lowest BCUT2D eigenvalue weighted by Crippen LogP contribution is -2.45. The minimum atomic E-state index is -1.81. The lowest BCUT2D eigenvalue weighted by atomic mass is 10.2. The van der Waals surface area contributed by atoms with E-state index in [1.165, 1.54) is 0 Å². The van der Waals surface area contributed by atoms with E-state index in [-0.39, 0.29) is 17.0 Å². The molecule has 1 fully saturated rings. The zero-order chi connectivity index (χ0) is 17.3. The number of ether oxygens (including phenoxy) is 1. The van der Waals surface area contributed by atoms with Gasteiger partial charge in [-0.2, -0.15) is 0 Å². The topological polar surface area (TPSA) is 38.8 Å². The largest absolute Gasteiger partial charge is 0.497 e. The van der Waals surface area contributed by atoms with Gasteiger partial charge in [0.05, 0.1) is 19.8 Å². The van der Waals surface area contributed by atoms with Crippen LogP contribution in [0, 0.1) is 0 Å². The number of carbonyl (C=O) groups excluding carboxylic acids is 1. The number of hydrogen-bond acceptors (Lipinski definition) is 3. The zero-order valence-corrected chi connectivity index (χ0v) is 16.2. The third-order valence-corrected chi connectivity index (χ3v) is 9.60. The van der Waals surface area contributed by atoms with Gasteiger partial charge in [0.2, 0.25) is 5.91 Å². The molecule has 2 rings (SSSR count). The molecule has 1 amide bonds. The highest BCUT2D eigenvalue weighted by molar-refractivity contribution is 6.74. The molecule has 0 unspecified atom stereocenters. The molecule has 1 aliphatic rings. The number of hydrogen-bond donors (Lipinski definition) is 0. The summed E-state index contributed by atoms with van der Waals surface area (Å²) in [5.74, 6) is 0.938. The van der Waals surface area contributed by atoms with Crippen LogP contribution in [0.3, 0.4) is 0 Å². The number of methoxy groups -OCH3 is 1. The summed E-state index contributed by atoms with van der Waals surface area (Å²) in [6.07, 6.45) is 1.44. The molecular formula is C18H29NO3Si. The average Bonchev–Trinajstić information content (AvgIpc) is 2.85. The maximum Gasteiger partial charge on any atom is 0.227 e. The van der Waals surface area contributed by atoms with Crippen LogP contribution >= 0.6 is 0 Å². The van der Waals surface area contributed by atoms with Gasteiger partial charge in [0, 0.05) is 18.2 Å². The van der Waals surface area contributed by atoms with Gasteiger partial charge in [-0.3, -0.25) is 4.79 Å². The van der Waals surface area contributed by atoms with Crippen LogP contribution < -0.4 is 9.64 Å². The Bertz CT molecular complexity index is 566. The van der Waals surface area contributed by atoms with Gasteiger partial charge in [-0.25, -0.2) is 0 Å². The maximum absolute atomic E-state index is 12.3. The van der Waals surface area contributed by atoms with E-state index in [9.17, 15) is 4.79 Å². The molecule has 1 saturated heterocycles. The highest BCUT2D eigenvalue weighted by Crippen LogP contribution is 2.37. The molecule has 0 aromatic heterocycles. The second kappa shape index (κ2) is 6.65. The number of amides is 1. The number of benzene rings is 1. The Labute approximate surface area is 140 Å². The third kappa shape index (κ3) is 3.96. The van der Waals surface area contributed by atoms with E-state index < -0.39 is 8.32 Å². The Kier molecular flexibility index (Phi) is 5.21. The molecular weight excluding hydrogens is 306 g/mol. The molecule has 0 saturated carbocycles. The Balaban J connectivity index is 2.14. The lowest BCUT2D eigenvalue weighted by molar-refractivity contribution is -0.117. The first kappa shape index (κ1) is 18.0. The SMILES string of the molecule is COc1cccc(N2C(=O)CC[C@H]2CO[Si](C)(C)C(C)(C)C)c1. The van der Waals surface area contributed by atoms with Crippen molar-refractivity contribution >= 4 is 19.9 Å². The fourth-order valence-corrected chi connectivity index (χ4v) is 3.58. The van der Waals surface area contributed by atoms with Crippen molar-refractivity contribution in [3.05, 3.63) is 24.3 Å². The van der Waals surface area contributed by atoms with Gasteiger partial charge < -0.3 is 14.1 Å². The summed E-state index contributed by atoms with van der Waals surface area (Å²) in [6, 6.07) is 7.81. The fraction of sp³-hybridized carbons (Fsp3) is 0.611. The lowest BCUT2D eigenvalue weighted by Gasteiger charge is -2.38. The van der Waals surface area contributed by atoms with Crippen molar-refractivity contribution < 1.29 is 14.0 Å². The fourth-order valence-electron chi connectivity index (χ4n) is 2.54. The van der Waals surface area contributed by atoms with Crippen molar-refractivity contribution in [2.75, 3.05) is 18.6 Å². The van der Waals surface area contributed by atoms with E-state index in [0.717, 1.165) is 17.9 Å². The van der Waals surface area contributed by atoms with Gasteiger partial charge in [0.15, 0.2) is 8.32 Å². The first-order chi connectivity index (χ1) is 10.7. The average molecular weight is 336 g/mol. The number of anilines is 1. The monoisotopic (exact) mass is 335 g/mol. The standard InChI is InChI=1S/C18H29NO3Si/c1-18(2,3)23(5,6)22-13-15-10-11-17(20)19(15)14-8-7-9-16(12-14)21-4/h7-9,12,15H,10-11,13H2,1-6H3/t15-/m0/s1. The van der Waals surface area contributed by atoms with Crippen molar-refractivity contribution in [2.45, 2.75) is 57.8 Å². The highest BCUT2D eigenvalue weighted by atomic mass is 28.4. The molecule has 0 spiro atoms. The van der Waals surface area contributed by atoms with Gasteiger partial charge in [-0.05, 0) is 36.7 Å². The zero-order valence-electron chi connectivity index (χ0n) is 15.2. The molecule has 0 N–H and O–H groups in total. The molecule has 1 aromatic carbocycles. The molecule has 5 heteroatoms. The van der Waals surface area contributed by atoms with E-state index in [1.54, 1.807) is 7.11 Å². The van der Waals surface area contributed by atoms with Crippen molar-refractivity contribution in [1.82, 2.24) is 0 Å². The van der Waals surface area contributed by atoms with E-state index in [0.29, 0.717) is 13.0 Å². The summed E-state index contributed by atoms with van der Waals surface area (Å²) in [5.41, 5.74) is 0.899. The van der Waals surface area contributed by atoms with Crippen molar-refractivity contribution in [3.8, 4) is 5.75 Å². The molecule has 1 heterocycles. The van der Waals surface area contributed by atoms with Crippen LogP contribution in [-0.2, 0) is 9.22 Å². The van der Waals surface area contributed by atoms with Crippen molar-refractivity contribution in [2.24, 2.45) is 0 Å². The van der Waals surface area contributed by atoms with Gasteiger partial charge >= 0.3 is 0 Å².